The molecular weight excluding hydrogens is 340 g/mol. The van der Waals surface area contributed by atoms with Gasteiger partial charge in [-0.05, 0) is 56.2 Å². The summed E-state index contributed by atoms with van der Waals surface area (Å²) >= 11 is 0. The van der Waals surface area contributed by atoms with Gasteiger partial charge in [-0.3, -0.25) is 9.59 Å². The number of allylic oxidation sites excluding steroid dienone is 1. The van der Waals surface area contributed by atoms with E-state index in [9.17, 15) is 9.59 Å². The number of nitrogens with zero attached hydrogens (tertiary/aromatic N) is 1. The van der Waals surface area contributed by atoms with E-state index in [0.717, 1.165) is 37.1 Å². The number of ether oxygens (including phenoxy) is 1. The summed E-state index contributed by atoms with van der Waals surface area (Å²) < 4.78 is 5.15. The highest BCUT2D eigenvalue weighted by molar-refractivity contribution is 5.89. The van der Waals surface area contributed by atoms with Crippen molar-refractivity contribution < 1.29 is 14.3 Å². The van der Waals surface area contributed by atoms with Crippen LogP contribution in [0.2, 0.25) is 0 Å². The third-order valence-electron chi connectivity index (χ3n) is 5.55. The molecule has 1 saturated heterocycles. The Morgan fingerprint density at radius 1 is 1.22 bits per heavy atom. The van der Waals surface area contributed by atoms with Crippen LogP contribution in [0.25, 0.3) is 0 Å². The van der Waals surface area contributed by atoms with Crippen molar-refractivity contribution in [2.24, 2.45) is 5.92 Å². The maximum Gasteiger partial charge on any atom is 0.225 e. The maximum atomic E-state index is 12.4. The molecule has 1 heterocycles. The summed E-state index contributed by atoms with van der Waals surface area (Å²) in [5.74, 6) is 0.725. The number of methoxy groups -OCH3 is 1. The summed E-state index contributed by atoms with van der Waals surface area (Å²) in [7, 11) is 1.65. The number of benzene rings is 1. The van der Waals surface area contributed by atoms with Crippen LogP contribution in [0.5, 0.6) is 5.75 Å². The molecule has 0 aromatic heterocycles. The second-order valence-corrected chi connectivity index (χ2v) is 7.49. The van der Waals surface area contributed by atoms with Crippen LogP contribution in [0.4, 0.5) is 0 Å². The average molecular weight is 370 g/mol. The molecule has 1 aliphatic carbocycles. The third-order valence-corrected chi connectivity index (χ3v) is 5.55. The number of amides is 2. The molecule has 1 aliphatic heterocycles. The van der Waals surface area contributed by atoms with E-state index in [0.29, 0.717) is 19.5 Å². The number of rotatable bonds is 8. The lowest BCUT2D eigenvalue weighted by Gasteiger charge is -2.19. The Labute approximate surface area is 161 Å². The van der Waals surface area contributed by atoms with Gasteiger partial charge < -0.3 is 15.0 Å². The van der Waals surface area contributed by atoms with Crippen molar-refractivity contribution in [3.63, 3.8) is 0 Å². The molecule has 0 saturated carbocycles. The van der Waals surface area contributed by atoms with Crippen molar-refractivity contribution in [2.75, 3.05) is 26.7 Å². The molecule has 1 N–H and O–H groups in total. The van der Waals surface area contributed by atoms with E-state index in [1.807, 2.05) is 29.2 Å². The lowest BCUT2D eigenvalue weighted by atomic mass is 9.97. The Bertz CT molecular complexity index is 681. The van der Waals surface area contributed by atoms with E-state index in [4.69, 9.17) is 4.74 Å². The normalized spacial score (nSPS) is 19.7. The molecule has 1 fully saturated rings. The Hall–Kier alpha value is -2.30. The van der Waals surface area contributed by atoms with E-state index in [1.165, 1.54) is 24.8 Å². The fraction of sp³-hybridized carbons (Fsp3) is 0.545. The van der Waals surface area contributed by atoms with Crippen LogP contribution < -0.4 is 10.1 Å². The molecule has 2 amide bonds. The fourth-order valence-corrected chi connectivity index (χ4v) is 3.84. The highest BCUT2D eigenvalue weighted by Crippen LogP contribution is 2.23. The van der Waals surface area contributed by atoms with Gasteiger partial charge in [-0.1, -0.05) is 23.8 Å². The van der Waals surface area contributed by atoms with Gasteiger partial charge in [0.15, 0.2) is 0 Å². The first-order valence-corrected chi connectivity index (χ1v) is 10.0. The molecule has 0 bridgehead atoms. The first kappa shape index (κ1) is 19.5. The smallest absolute Gasteiger partial charge is 0.225 e. The molecule has 1 atom stereocenters. The van der Waals surface area contributed by atoms with Crippen molar-refractivity contribution in [1.82, 2.24) is 10.2 Å². The zero-order valence-corrected chi connectivity index (χ0v) is 16.2. The Balaban J connectivity index is 1.39. The van der Waals surface area contributed by atoms with Crippen molar-refractivity contribution in [3.8, 4) is 5.75 Å². The van der Waals surface area contributed by atoms with Gasteiger partial charge in [-0.2, -0.15) is 0 Å². The summed E-state index contributed by atoms with van der Waals surface area (Å²) in [6.07, 6.45) is 9.27. The standard InChI is InChI=1S/C22H30N2O3/c1-27-20-9-7-18(8-10-20)11-13-23-22(26)19-15-21(25)24(16-19)14-12-17-5-3-2-4-6-17/h5,7-10,19H,2-4,6,11-16H2,1H3,(H,23,26). The summed E-state index contributed by atoms with van der Waals surface area (Å²) in [4.78, 5) is 26.5. The summed E-state index contributed by atoms with van der Waals surface area (Å²) in [6, 6.07) is 7.86. The van der Waals surface area contributed by atoms with Gasteiger partial charge in [0.2, 0.25) is 11.8 Å². The summed E-state index contributed by atoms with van der Waals surface area (Å²) in [5.41, 5.74) is 2.63. The largest absolute Gasteiger partial charge is 0.497 e. The van der Waals surface area contributed by atoms with Gasteiger partial charge in [0.25, 0.3) is 0 Å². The number of hydrogen-bond acceptors (Lipinski definition) is 3. The second kappa shape index (κ2) is 9.58. The van der Waals surface area contributed by atoms with Crippen LogP contribution in [0.1, 0.15) is 44.1 Å². The minimum Gasteiger partial charge on any atom is -0.497 e. The van der Waals surface area contributed by atoms with Crippen molar-refractivity contribution >= 4 is 11.8 Å². The van der Waals surface area contributed by atoms with Gasteiger partial charge in [0, 0.05) is 26.1 Å². The maximum absolute atomic E-state index is 12.4. The van der Waals surface area contributed by atoms with Gasteiger partial charge in [-0.15, -0.1) is 0 Å². The molecule has 0 radical (unpaired) electrons. The first-order valence-electron chi connectivity index (χ1n) is 10.0. The molecule has 27 heavy (non-hydrogen) atoms. The quantitative estimate of drug-likeness (QED) is 0.716. The number of likely N-dealkylation sites (tertiary alicyclic amines) is 1. The third kappa shape index (κ3) is 5.59. The van der Waals surface area contributed by atoms with Crippen molar-refractivity contribution in [3.05, 3.63) is 41.5 Å². The van der Waals surface area contributed by atoms with Gasteiger partial charge in [0.1, 0.15) is 5.75 Å². The molecule has 2 aliphatic rings. The highest BCUT2D eigenvalue weighted by Gasteiger charge is 2.33. The molecule has 3 rings (SSSR count). The molecule has 1 unspecified atom stereocenters. The number of hydrogen-bond donors (Lipinski definition) is 1. The molecular formula is C22H30N2O3. The lowest BCUT2D eigenvalue weighted by Crippen LogP contribution is -2.34. The number of carbonyl (C=O) groups is 2. The fourth-order valence-electron chi connectivity index (χ4n) is 3.84. The van der Waals surface area contributed by atoms with Gasteiger partial charge in [-0.25, -0.2) is 0 Å². The highest BCUT2D eigenvalue weighted by atomic mass is 16.5. The van der Waals surface area contributed by atoms with Crippen molar-refractivity contribution in [1.29, 1.82) is 0 Å². The first-order chi connectivity index (χ1) is 13.2. The predicted molar refractivity (Wildman–Crippen MR) is 106 cm³/mol. The average Bonchev–Trinajstić information content (AvgIpc) is 3.08. The van der Waals surface area contributed by atoms with E-state index >= 15 is 0 Å². The molecule has 1 aromatic carbocycles. The Morgan fingerprint density at radius 3 is 2.74 bits per heavy atom. The van der Waals surface area contributed by atoms with E-state index in [1.54, 1.807) is 7.11 Å². The van der Waals surface area contributed by atoms with E-state index in [2.05, 4.69) is 11.4 Å². The van der Waals surface area contributed by atoms with Crippen LogP contribution in [-0.4, -0.2) is 43.5 Å². The lowest BCUT2D eigenvalue weighted by molar-refractivity contribution is -0.129. The van der Waals surface area contributed by atoms with Crippen molar-refractivity contribution in [2.45, 2.75) is 44.9 Å². The van der Waals surface area contributed by atoms with Gasteiger partial charge in [0.05, 0.1) is 13.0 Å². The molecule has 0 spiro atoms. The van der Waals surface area contributed by atoms with E-state index in [-0.39, 0.29) is 17.7 Å². The topological polar surface area (TPSA) is 58.6 Å². The zero-order valence-electron chi connectivity index (χ0n) is 16.2. The monoisotopic (exact) mass is 370 g/mol. The summed E-state index contributed by atoms with van der Waals surface area (Å²) in [6.45, 7) is 1.89. The number of carbonyl (C=O) groups excluding carboxylic acids is 2. The molecule has 5 nitrogen and oxygen atoms in total. The summed E-state index contributed by atoms with van der Waals surface area (Å²) in [5, 5.41) is 2.99. The molecule has 5 heteroatoms. The van der Waals surface area contributed by atoms with Crippen LogP contribution in [0.15, 0.2) is 35.9 Å². The van der Waals surface area contributed by atoms with Crippen LogP contribution in [0.3, 0.4) is 0 Å². The Morgan fingerprint density at radius 2 is 2.04 bits per heavy atom. The van der Waals surface area contributed by atoms with Gasteiger partial charge >= 0.3 is 0 Å². The number of nitrogens with one attached hydrogen (secondary N) is 1. The zero-order chi connectivity index (χ0) is 19.1. The second-order valence-electron chi connectivity index (χ2n) is 7.49. The predicted octanol–water partition coefficient (Wildman–Crippen LogP) is 3.09. The minimum atomic E-state index is -0.214. The molecule has 1 aromatic rings. The van der Waals surface area contributed by atoms with E-state index < -0.39 is 0 Å². The van der Waals surface area contributed by atoms with Crippen LogP contribution >= 0.6 is 0 Å². The van der Waals surface area contributed by atoms with Crippen LogP contribution in [-0.2, 0) is 16.0 Å². The minimum absolute atomic E-state index is 0.00348. The Kier molecular flexibility index (Phi) is 6.91. The SMILES string of the molecule is COc1ccc(CCNC(=O)C2CC(=O)N(CCC3=CCCCC3)C2)cc1. The van der Waals surface area contributed by atoms with Crippen LogP contribution in [0, 0.1) is 5.92 Å². The molecule has 146 valence electrons.